The summed E-state index contributed by atoms with van der Waals surface area (Å²) in [6.45, 7) is 0.622. The van der Waals surface area contributed by atoms with Gasteiger partial charge in [-0.25, -0.2) is 4.39 Å². The van der Waals surface area contributed by atoms with Gasteiger partial charge in [0, 0.05) is 23.3 Å². The van der Waals surface area contributed by atoms with Gasteiger partial charge in [-0.3, -0.25) is 9.20 Å². The Morgan fingerprint density at radius 3 is 2.96 bits per heavy atom. The molecule has 0 saturated carbocycles. The molecule has 0 aliphatic carbocycles. The third-order valence-corrected chi connectivity index (χ3v) is 4.96. The van der Waals surface area contributed by atoms with Gasteiger partial charge in [-0.2, -0.15) is 0 Å². The molecule has 1 aliphatic rings. The minimum atomic E-state index is -0.454. The van der Waals surface area contributed by atoms with Gasteiger partial charge in [0.05, 0.1) is 12.5 Å². The van der Waals surface area contributed by atoms with E-state index in [0.717, 1.165) is 24.3 Å². The van der Waals surface area contributed by atoms with Gasteiger partial charge < -0.3 is 4.90 Å². The van der Waals surface area contributed by atoms with Crippen LogP contribution in [-0.4, -0.2) is 31.9 Å². The van der Waals surface area contributed by atoms with Crippen LogP contribution in [0.5, 0.6) is 0 Å². The Morgan fingerprint density at radius 2 is 2.12 bits per heavy atom. The fourth-order valence-electron chi connectivity index (χ4n) is 3.37. The number of nitrogens with zero attached hydrogens (tertiary/aromatic N) is 4. The molecule has 4 rings (SSSR count). The monoisotopic (exact) mass is 358 g/mol. The van der Waals surface area contributed by atoms with Crippen molar-refractivity contribution in [1.29, 1.82) is 0 Å². The molecule has 7 heteroatoms. The largest absolute Gasteiger partial charge is 0.332 e. The Kier molecular flexibility index (Phi) is 4.13. The molecule has 25 heavy (non-hydrogen) atoms. The number of carbonyl (C=O) groups is 1. The lowest BCUT2D eigenvalue weighted by molar-refractivity contribution is -0.131. The molecule has 0 unspecified atom stereocenters. The number of aromatic nitrogens is 3. The van der Waals surface area contributed by atoms with Gasteiger partial charge in [-0.05, 0) is 37.1 Å². The van der Waals surface area contributed by atoms with Crippen LogP contribution < -0.4 is 0 Å². The number of amides is 1. The second-order valence-electron chi connectivity index (χ2n) is 6.11. The number of fused-ring (bicyclic) bond motifs is 1. The predicted octanol–water partition coefficient (Wildman–Crippen LogP) is 3.43. The van der Waals surface area contributed by atoms with Gasteiger partial charge in [0.15, 0.2) is 11.5 Å². The standard InChI is InChI=1S/C18H16ClFN4O/c19-13-5-3-6-14(20)12(13)11-17(25)23-10-4-7-15(23)18-22-21-16-8-1-2-9-24(16)18/h1-3,5-6,8-9,15H,4,7,10-11H2/t15-/m0/s1. The van der Waals surface area contributed by atoms with E-state index >= 15 is 0 Å². The van der Waals surface area contributed by atoms with Crippen molar-refractivity contribution in [3.05, 3.63) is 64.8 Å². The maximum Gasteiger partial charge on any atom is 0.227 e. The second kappa shape index (κ2) is 6.44. The van der Waals surface area contributed by atoms with E-state index in [-0.39, 0.29) is 29.0 Å². The SMILES string of the molecule is O=C(Cc1c(F)cccc1Cl)N1CCC[C@H]1c1nnc2ccccn12. The number of carbonyl (C=O) groups excluding carboxylic acids is 1. The number of hydrogen-bond donors (Lipinski definition) is 0. The average molecular weight is 359 g/mol. The predicted molar refractivity (Wildman–Crippen MR) is 91.8 cm³/mol. The van der Waals surface area contributed by atoms with Gasteiger partial charge in [0.2, 0.25) is 5.91 Å². The highest BCUT2D eigenvalue weighted by Gasteiger charge is 2.33. The summed E-state index contributed by atoms with van der Waals surface area (Å²) in [5, 5.41) is 8.71. The fraction of sp³-hybridized carbons (Fsp3) is 0.278. The normalized spacial score (nSPS) is 17.4. The molecule has 0 bridgehead atoms. The quantitative estimate of drug-likeness (QED) is 0.720. The van der Waals surface area contributed by atoms with E-state index < -0.39 is 5.82 Å². The molecule has 1 aliphatic heterocycles. The van der Waals surface area contributed by atoms with E-state index in [0.29, 0.717) is 6.54 Å². The van der Waals surface area contributed by atoms with Gasteiger partial charge in [-0.1, -0.05) is 23.7 Å². The van der Waals surface area contributed by atoms with Crippen LogP contribution in [0, 0.1) is 5.82 Å². The average Bonchev–Trinajstić information content (AvgIpc) is 3.24. The maximum absolute atomic E-state index is 14.0. The Hall–Kier alpha value is -2.47. The molecular weight excluding hydrogens is 343 g/mol. The number of rotatable bonds is 3. The highest BCUT2D eigenvalue weighted by atomic mass is 35.5. The number of pyridine rings is 1. The van der Waals surface area contributed by atoms with Crippen LogP contribution in [-0.2, 0) is 11.2 Å². The lowest BCUT2D eigenvalue weighted by Gasteiger charge is -2.24. The van der Waals surface area contributed by atoms with E-state index in [4.69, 9.17) is 11.6 Å². The molecule has 0 N–H and O–H groups in total. The zero-order valence-corrected chi connectivity index (χ0v) is 14.2. The third kappa shape index (κ3) is 2.87. The first-order valence-corrected chi connectivity index (χ1v) is 8.55. The van der Waals surface area contributed by atoms with E-state index in [9.17, 15) is 9.18 Å². The highest BCUT2D eigenvalue weighted by molar-refractivity contribution is 6.31. The van der Waals surface area contributed by atoms with Crippen LogP contribution in [0.15, 0.2) is 42.6 Å². The Bertz CT molecular complexity index is 921. The van der Waals surface area contributed by atoms with Crippen molar-refractivity contribution in [3.8, 4) is 0 Å². The van der Waals surface area contributed by atoms with E-state index in [1.165, 1.54) is 12.1 Å². The van der Waals surface area contributed by atoms with Crippen molar-refractivity contribution in [1.82, 2.24) is 19.5 Å². The minimum Gasteiger partial charge on any atom is -0.332 e. The first-order chi connectivity index (χ1) is 12.1. The minimum absolute atomic E-state index is 0.0568. The number of halogens is 2. The molecule has 128 valence electrons. The maximum atomic E-state index is 14.0. The van der Waals surface area contributed by atoms with Crippen LogP contribution in [0.25, 0.3) is 5.65 Å². The molecule has 1 atom stereocenters. The molecule has 1 saturated heterocycles. The molecule has 2 aromatic heterocycles. The summed E-state index contributed by atoms with van der Waals surface area (Å²) in [5.74, 6) is 0.132. The van der Waals surface area contributed by atoms with Crippen molar-refractivity contribution < 1.29 is 9.18 Å². The fourth-order valence-corrected chi connectivity index (χ4v) is 3.60. The van der Waals surface area contributed by atoms with Crippen LogP contribution >= 0.6 is 11.6 Å². The lowest BCUT2D eigenvalue weighted by Crippen LogP contribution is -2.33. The second-order valence-corrected chi connectivity index (χ2v) is 6.52. The van der Waals surface area contributed by atoms with Crippen molar-refractivity contribution in [2.24, 2.45) is 0 Å². The molecule has 1 amide bonds. The van der Waals surface area contributed by atoms with Gasteiger partial charge in [0.25, 0.3) is 0 Å². The van der Waals surface area contributed by atoms with Crippen LogP contribution in [0.4, 0.5) is 4.39 Å². The molecule has 3 heterocycles. The van der Waals surface area contributed by atoms with Gasteiger partial charge >= 0.3 is 0 Å². The number of benzene rings is 1. The third-order valence-electron chi connectivity index (χ3n) is 4.60. The summed E-state index contributed by atoms with van der Waals surface area (Å²) in [5.41, 5.74) is 0.986. The summed E-state index contributed by atoms with van der Waals surface area (Å²) in [6, 6.07) is 9.97. The summed E-state index contributed by atoms with van der Waals surface area (Å²) < 4.78 is 15.9. The van der Waals surface area contributed by atoms with Crippen molar-refractivity contribution in [2.75, 3.05) is 6.54 Å². The Morgan fingerprint density at radius 1 is 1.24 bits per heavy atom. The molecule has 0 spiro atoms. The summed E-state index contributed by atoms with van der Waals surface area (Å²) in [7, 11) is 0. The van der Waals surface area contributed by atoms with E-state index in [1.807, 2.05) is 28.8 Å². The molecule has 3 aromatic rings. The molecule has 0 radical (unpaired) electrons. The smallest absolute Gasteiger partial charge is 0.227 e. The topological polar surface area (TPSA) is 50.5 Å². The number of hydrogen-bond acceptors (Lipinski definition) is 3. The Labute approximate surface area is 149 Å². The van der Waals surface area contributed by atoms with Crippen LogP contribution in [0.3, 0.4) is 0 Å². The zero-order valence-electron chi connectivity index (χ0n) is 13.4. The molecule has 1 fully saturated rings. The summed E-state index contributed by atoms with van der Waals surface area (Å²) in [6.07, 6.45) is 3.52. The summed E-state index contributed by atoms with van der Waals surface area (Å²) in [4.78, 5) is 14.6. The number of likely N-dealkylation sites (tertiary alicyclic amines) is 1. The van der Waals surface area contributed by atoms with E-state index in [2.05, 4.69) is 10.2 Å². The first kappa shape index (κ1) is 16.0. The van der Waals surface area contributed by atoms with Gasteiger partial charge in [0.1, 0.15) is 5.82 Å². The lowest BCUT2D eigenvalue weighted by atomic mass is 10.1. The molecule has 5 nitrogen and oxygen atoms in total. The molecule has 1 aromatic carbocycles. The highest BCUT2D eigenvalue weighted by Crippen LogP contribution is 2.32. The molecular formula is C18H16ClFN4O. The van der Waals surface area contributed by atoms with E-state index in [1.54, 1.807) is 11.0 Å². The Balaban J connectivity index is 1.62. The van der Waals surface area contributed by atoms with Crippen LogP contribution in [0.2, 0.25) is 5.02 Å². The van der Waals surface area contributed by atoms with Gasteiger partial charge in [-0.15, -0.1) is 10.2 Å². The first-order valence-electron chi connectivity index (χ1n) is 8.17. The van der Waals surface area contributed by atoms with Crippen LogP contribution in [0.1, 0.15) is 30.3 Å². The zero-order chi connectivity index (χ0) is 17.4. The van der Waals surface area contributed by atoms with Crippen molar-refractivity contribution >= 4 is 23.2 Å². The van der Waals surface area contributed by atoms with Crippen molar-refractivity contribution in [2.45, 2.75) is 25.3 Å². The van der Waals surface area contributed by atoms with Crippen molar-refractivity contribution in [3.63, 3.8) is 0 Å². The summed E-state index contributed by atoms with van der Waals surface area (Å²) >= 11 is 6.06.